The lowest BCUT2D eigenvalue weighted by molar-refractivity contribution is -0.0328. The maximum atomic E-state index is 12.2. The van der Waals surface area contributed by atoms with Gasteiger partial charge in [-0.1, -0.05) is 29.3 Å². The topological polar surface area (TPSA) is 12.0 Å². The molecule has 1 N–H and O–H groups in total. The lowest BCUT2D eigenvalue weighted by Gasteiger charge is -2.09. The first-order valence-electron chi connectivity index (χ1n) is 5.87. The van der Waals surface area contributed by atoms with Gasteiger partial charge in [0.05, 0.1) is 10.0 Å². The second kappa shape index (κ2) is 6.81. The average molecular weight is 352 g/mol. The molecule has 0 spiro atoms. The molecule has 0 aromatic heterocycles. The largest absolute Gasteiger partial charge is 0.446 e. The van der Waals surface area contributed by atoms with Gasteiger partial charge in [-0.3, -0.25) is 0 Å². The minimum atomic E-state index is -4.27. The SMILES string of the molecule is FC(F)(F)Sc1ccc(NCc2ccc(Cl)c(Cl)c2)cc1. The van der Waals surface area contributed by atoms with E-state index in [1.807, 2.05) is 6.07 Å². The number of anilines is 1. The predicted molar refractivity (Wildman–Crippen MR) is 82.1 cm³/mol. The first-order chi connectivity index (χ1) is 9.83. The van der Waals surface area contributed by atoms with Crippen LogP contribution < -0.4 is 5.32 Å². The van der Waals surface area contributed by atoms with Gasteiger partial charge in [0, 0.05) is 17.1 Å². The number of alkyl halides is 3. The number of hydrogen-bond donors (Lipinski definition) is 1. The zero-order valence-corrected chi connectivity index (χ0v) is 12.9. The van der Waals surface area contributed by atoms with Crippen molar-refractivity contribution in [2.45, 2.75) is 16.9 Å². The molecule has 112 valence electrons. The van der Waals surface area contributed by atoms with Gasteiger partial charge in [0.2, 0.25) is 0 Å². The molecule has 2 rings (SSSR count). The second-order valence-corrected chi connectivity index (χ2v) is 6.13. The molecule has 2 aromatic rings. The molecule has 1 nitrogen and oxygen atoms in total. The Morgan fingerprint density at radius 1 is 0.952 bits per heavy atom. The molecule has 0 atom stereocenters. The van der Waals surface area contributed by atoms with Gasteiger partial charge in [0.1, 0.15) is 0 Å². The summed E-state index contributed by atoms with van der Waals surface area (Å²) in [6, 6.07) is 11.3. The summed E-state index contributed by atoms with van der Waals surface area (Å²) in [4.78, 5) is 0.155. The highest BCUT2D eigenvalue weighted by Gasteiger charge is 2.28. The van der Waals surface area contributed by atoms with Gasteiger partial charge in [-0.05, 0) is 53.7 Å². The maximum absolute atomic E-state index is 12.2. The zero-order valence-electron chi connectivity index (χ0n) is 10.5. The molecule has 0 amide bonds. The van der Waals surface area contributed by atoms with Gasteiger partial charge >= 0.3 is 5.51 Å². The van der Waals surface area contributed by atoms with Crippen molar-refractivity contribution in [2.24, 2.45) is 0 Å². The molecule has 0 aliphatic heterocycles. The van der Waals surface area contributed by atoms with Crippen molar-refractivity contribution in [1.82, 2.24) is 0 Å². The summed E-state index contributed by atoms with van der Waals surface area (Å²) < 4.78 is 36.6. The summed E-state index contributed by atoms with van der Waals surface area (Å²) in [6.07, 6.45) is 0. The molecule has 0 unspecified atom stereocenters. The molecule has 0 saturated heterocycles. The molecule has 0 bridgehead atoms. The summed E-state index contributed by atoms with van der Waals surface area (Å²) >= 11 is 11.6. The zero-order chi connectivity index (χ0) is 15.5. The summed E-state index contributed by atoms with van der Waals surface area (Å²) in [6.45, 7) is 0.503. The van der Waals surface area contributed by atoms with Crippen LogP contribution in [0.5, 0.6) is 0 Å². The van der Waals surface area contributed by atoms with Crippen LogP contribution in [0.3, 0.4) is 0 Å². The Morgan fingerprint density at radius 2 is 1.62 bits per heavy atom. The molecule has 7 heteroatoms. The van der Waals surface area contributed by atoms with Crippen LogP contribution in [0.4, 0.5) is 18.9 Å². The maximum Gasteiger partial charge on any atom is 0.446 e. The lowest BCUT2D eigenvalue weighted by Crippen LogP contribution is -2.00. The van der Waals surface area contributed by atoms with E-state index in [-0.39, 0.29) is 16.7 Å². The third-order valence-corrected chi connectivity index (χ3v) is 4.05. The number of halogens is 5. The monoisotopic (exact) mass is 351 g/mol. The van der Waals surface area contributed by atoms with Crippen LogP contribution in [0.1, 0.15) is 5.56 Å². The highest BCUT2D eigenvalue weighted by Crippen LogP contribution is 2.37. The van der Waals surface area contributed by atoms with E-state index < -0.39 is 5.51 Å². The van der Waals surface area contributed by atoms with Gasteiger partial charge in [0.15, 0.2) is 0 Å². The Labute approximate surface area is 134 Å². The molecular formula is C14H10Cl2F3NS. The fraction of sp³-hybridized carbons (Fsp3) is 0.143. The van der Waals surface area contributed by atoms with Crippen molar-refractivity contribution in [3.05, 3.63) is 58.1 Å². The molecule has 21 heavy (non-hydrogen) atoms. The molecule has 0 saturated carbocycles. The summed E-state index contributed by atoms with van der Waals surface area (Å²) in [5, 5.41) is 4.05. The standard InChI is InChI=1S/C14H10Cl2F3NS/c15-12-6-1-9(7-13(12)16)8-20-10-2-4-11(5-3-10)21-14(17,18)19/h1-7,20H,8H2. The Hall–Kier alpha value is -1.04. The van der Waals surface area contributed by atoms with E-state index in [4.69, 9.17) is 23.2 Å². The van der Waals surface area contributed by atoms with Crippen molar-refractivity contribution in [2.75, 3.05) is 5.32 Å². The molecule has 0 fully saturated rings. The predicted octanol–water partition coefficient (Wildman–Crippen LogP) is 6.22. The molecule has 2 aromatic carbocycles. The molecule has 0 radical (unpaired) electrons. The van der Waals surface area contributed by atoms with Crippen molar-refractivity contribution in [3.63, 3.8) is 0 Å². The van der Waals surface area contributed by atoms with Crippen LogP contribution in [0.15, 0.2) is 47.4 Å². The number of benzene rings is 2. The highest BCUT2D eigenvalue weighted by atomic mass is 35.5. The Balaban J connectivity index is 1.96. The van der Waals surface area contributed by atoms with Crippen LogP contribution in [-0.4, -0.2) is 5.51 Å². The summed E-state index contributed by atoms with van der Waals surface area (Å²) in [7, 11) is 0. The van der Waals surface area contributed by atoms with Gasteiger partial charge in [-0.15, -0.1) is 0 Å². The van der Waals surface area contributed by atoms with Gasteiger partial charge < -0.3 is 5.32 Å². The minimum Gasteiger partial charge on any atom is -0.381 e. The number of rotatable bonds is 4. The Morgan fingerprint density at radius 3 is 2.19 bits per heavy atom. The summed E-state index contributed by atoms with van der Waals surface area (Å²) in [5.41, 5.74) is -2.61. The van der Waals surface area contributed by atoms with Crippen LogP contribution in [0.25, 0.3) is 0 Å². The van der Waals surface area contributed by atoms with Gasteiger partial charge in [-0.2, -0.15) is 13.2 Å². The molecule has 0 aliphatic carbocycles. The van der Waals surface area contributed by atoms with Gasteiger partial charge in [0.25, 0.3) is 0 Å². The fourth-order valence-corrected chi connectivity index (χ4v) is 2.49. The second-order valence-electron chi connectivity index (χ2n) is 4.17. The Kier molecular flexibility index (Phi) is 5.30. The van der Waals surface area contributed by atoms with E-state index in [0.717, 1.165) is 11.3 Å². The van der Waals surface area contributed by atoms with Gasteiger partial charge in [-0.25, -0.2) is 0 Å². The quantitative estimate of drug-likeness (QED) is 0.656. The highest BCUT2D eigenvalue weighted by molar-refractivity contribution is 8.00. The molecule has 0 aliphatic rings. The van der Waals surface area contributed by atoms with E-state index in [1.54, 1.807) is 24.3 Å². The normalized spacial score (nSPS) is 11.5. The van der Waals surface area contributed by atoms with Crippen molar-refractivity contribution >= 4 is 40.7 Å². The molecule has 0 heterocycles. The van der Waals surface area contributed by atoms with E-state index in [1.165, 1.54) is 12.1 Å². The molecular weight excluding hydrogens is 342 g/mol. The third kappa shape index (κ3) is 5.34. The smallest absolute Gasteiger partial charge is 0.381 e. The first kappa shape index (κ1) is 16.3. The number of hydrogen-bond acceptors (Lipinski definition) is 2. The van der Waals surface area contributed by atoms with Crippen LogP contribution in [0, 0.1) is 0 Å². The fourth-order valence-electron chi connectivity index (χ4n) is 1.63. The number of nitrogens with one attached hydrogen (secondary N) is 1. The van der Waals surface area contributed by atoms with Crippen molar-refractivity contribution < 1.29 is 13.2 Å². The van der Waals surface area contributed by atoms with Crippen molar-refractivity contribution in [3.8, 4) is 0 Å². The summed E-state index contributed by atoms with van der Waals surface area (Å²) in [5.74, 6) is 0. The Bertz CT molecular complexity index is 615. The van der Waals surface area contributed by atoms with E-state index in [0.29, 0.717) is 16.6 Å². The van der Waals surface area contributed by atoms with E-state index in [2.05, 4.69) is 5.32 Å². The number of thioether (sulfide) groups is 1. The average Bonchev–Trinajstić information content (AvgIpc) is 2.40. The van der Waals surface area contributed by atoms with Crippen LogP contribution in [-0.2, 0) is 6.54 Å². The van der Waals surface area contributed by atoms with Crippen LogP contribution >= 0.6 is 35.0 Å². The van der Waals surface area contributed by atoms with E-state index >= 15 is 0 Å². The van der Waals surface area contributed by atoms with Crippen LogP contribution in [0.2, 0.25) is 10.0 Å². The van der Waals surface area contributed by atoms with E-state index in [9.17, 15) is 13.2 Å². The minimum absolute atomic E-state index is 0.132. The first-order valence-corrected chi connectivity index (χ1v) is 7.44. The third-order valence-electron chi connectivity index (χ3n) is 2.57. The lowest BCUT2D eigenvalue weighted by atomic mass is 10.2. The van der Waals surface area contributed by atoms with Crippen molar-refractivity contribution in [1.29, 1.82) is 0 Å².